The van der Waals surface area contributed by atoms with Crippen LogP contribution >= 0.6 is 0 Å². The van der Waals surface area contributed by atoms with Gasteiger partial charge in [-0.2, -0.15) is 0 Å². The van der Waals surface area contributed by atoms with Gasteiger partial charge < -0.3 is 9.84 Å². The zero-order valence-electron chi connectivity index (χ0n) is 8.01. The van der Waals surface area contributed by atoms with Crippen molar-refractivity contribution in [3.8, 4) is 0 Å². The van der Waals surface area contributed by atoms with E-state index in [1.165, 1.54) is 25.4 Å². The van der Waals surface area contributed by atoms with Gasteiger partial charge in [-0.05, 0) is 18.2 Å². The van der Waals surface area contributed by atoms with Gasteiger partial charge in [-0.15, -0.1) is 0 Å². The molecule has 1 N–H and O–H groups in total. The molecule has 0 saturated heterocycles. The van der Waals surface area contributed by atoms with Gasteiger partial charge in [0.15, 0.2) is 0 Å². The molecule has 15 heavy (non-hydrogen) atoms. The van der Waals surface area contributed by atoms with E-state index in [2.05, 4.69) is 9.72 Å². The lowest BCUT2D eigenvalue weighted by Gasteiger charge is -2.01. The molecular weight excluding hydrogens is 198 g/mol. The summed E-state index contributed by atoms with van der Waals surface area (Å²) in [7, 11) is 1.25. The van der Waals surface area contributed by atoms with E-state index in [0.717, 1.165) is 6.08 Å². The zero-order valence-corrected chi connectivity index (χ0v) is 8.01. The average Bonchev–Trinajstić information content (AvgIpc) is 2.25. The van der Waals surface area contributed by atoms with Crippen LogP contribution < -0.4 is 0 Å². The quantitative estimate of drug-likeness (QED) is 0.590. The van der Waals surface area contributed by atoms with E-state index in [0.29, 0.717) is 0 Å². The van der Waals surface area contributed by atoms with E-state index in [9.17, 15) is 9.59 Å². The van der Waals surface area contributed by atoms with Crippen molar-refractivity contribution >= 4 is 18.0 Å². The lowest BCUT2D eigenvalue weighted by molar-refractivity contribution is -0.131. The Hall–Kier alpha value is -2.17. The number of carboxylic acid groups (broad SMARTS) is 1. The first-order valence-corrected chi connectivity index (χ1v) is 4.09. The van der Waals surface area contributed by atoms with E-state index in [-0.39, 0.29) is 11.3 Å². The molecule has 0 saturated carbocycles. The summed E-state index contributed by atoms with van der Waals surface area (Å²) in [5.74, 6) is -1.65. The number of hydrogen-bond donors (Lipinski definition) is 1. The highest BCUT2D eigenvalue weighted by molar-refractivity contribution is 5.94. The van der Waals surface area contributed by atoms with E-state index in [1.807, 2.05) is 0 Å². The maximum atomic E-state index is 11.2. The Morgan fingerprint density at radius 2 is 2.27 bits per heavy atom. The molecule has 1 rings (SSSR count). The fourth-order valence-electron chi connectivity index (χ4n) is 0.983. The SMILES string of the molecule is COC(=O)c1cccnc1/C=C/C(=O)O. The molecule has 0 aliphatic heterocycles. The molecule has 0 aromatic carbocycles. The largest absolute Gasteiger partial charge is 0.478 e. The molecule has 0 aliphatic rings. The van der Waals surface area contributed by atoms with Gasteiger partial charge in [0.25, 0.3) is 0 Å². The van der Waals surface area contributed by atoms with Crippen molar-refractivity contribution < 1.29 is 19.4 Å². The maximum Gasteiger partial charge on any atom is 0.340 e. The first-order valence-electron chi connectivity index (χ1n) is 4.09. The number of aromatic nitrogens is 1. The summed E-state index contributed by atoms with van der Waals surface area (Å²) >= 11 is 0. The number of ether oxygens (including phenoxy) is 1. The van der Waals surface area contributed by atoms with Crippen LogP contribution in [0, 0.1) is 0 Å². The number of nitrogens with zero attached hydrogens (tertiary/aromatic N) is 1. The van der Waals surface area contributed by atoms with Crippen molar-refractivity contribution in [2.24, 2.45) is 0 Å². The normalized spacial score (nSPS) is 10.2. The van der Waals surface area contributed by atoms with Crippen LogP contribution in [0.3, 0.4) is 0 Å². The van der Waals surface area contributed by atoms with Crippen molar-refractivity contribution in [1.82, 2.24) is 4.98 Å². The third-order valence-electron chi connectivity index (χ3n) is 1.63. The van der Waals surface area contributed by atoms with E-state index < -0.39 is 11.9 Å². The van der Waals surface area contributed by atoms with Gasteiger partial charge in [0.2, 0.25) is 0 Å². The topological polar surface area (TPSA) is 76.5 Å². The third-order valence-corrected chi connectivity index (χ3v) is 1.63. The van der Waals surface area contributed by atoms with Crippen molar-refractivity contribution in [1.29, 1.82) is 0 Å². The van der Waals surface area contributed by atoms with Crippen molar-refractivity contribution in [2.45, 2.75) is 0 Å². The molecular formula is C10H9NO4. The van der Waals surface area contributed by atoms with Crippen LogP contribution in [0.5, 0.6) is 0 Å². The molecule has 5 nitrogen and oxygen atoms in total. The number of methoxy groups -OCH3 is 1. The Kier molecular flexibility index (Phi) is 3.56. The fourth-order valence-corrected chi connectivity index (χ4v) is 0.983. The summed E-state index contributed by atoms with van der Waals surface area (Å²) in [6, 6.07) is 3.09. The Morgan fingerprint density at radius 1 is 1.53 bits per heavy atom. The number of carbonyl (C=O) groups excluding carboxylic acids is 1. The molecule has 0 bridgehead atoms. The van der Waals surface area contributed by atoms with Crippen molar-refractivity contribution in [3.05, 3.63) is 35.7 Å². The molecule has 0 amide bonds. The summed E-state index contributed by atoms with van der Waals surface area (Å²) < 4.78 is 4.52. The second kappa shape index (κ2) is 4.90. The summed E-state index contributed by atoms with van der Waals surface area (Å²) in [6.45, 7) is 0. The van der Waals surface area contributed by atoms with Gasteiger partial charge in [0.05, 0.1) is 18.4 Å². The van der Waals surface area contributed by atoms with Crippen molar-refractivity contribution in [2.75, 3.05) is 7.11 Å². The van der Waals surface area contributed by atoms with E-state index in [1.54, 1.807) is 6.07 Å². The molecule has 0 radical (unpaired) electrons. The Morgan fingerprint density at radius 3 is 2.87 bits per heavy atom. The minimum Gasteiger partial charge on any atom is -0.478 e. The molecule has 1 aromatic rings. The van der Waals surface area contributed by atoms with Crippen LogP contribution in [0.4, 0.5) is 0 Å². The van der Waals surface area contributed by atoms with Gasteiger partial charge in [-0.3, -0.25) is 4.98 Å². The molecule has 1 aromatic heterocycles. The molecule has 0 unspecified atom stereocenters. The molecule has 1 heterocycles. The zero-order chi connectivity index (χ0) is 11.3. The van der Waals surface area contributed by atoms with Crippen molar-refractivity contribution in [3.63, 3.8) is 0 Å². The van der Waals surface area contributed by atoms with Crippen LogP contribution in [0.1, 0.15) is 16.1 Å². The van der Waals surface area contributed by atoms with Gasteiger partial charge in [0, 0.05) is 12.3 Å². The number of hydrogen-bond acceptors (Lipinski definition) is 4. The van der Waals surface area contributed by atoms with Crippen LogP contribution in [-0.2, 0) is 9.53 Å². The number of aliphatic carboxylic acids is 1. The van der Waals surface area contributed by atoms with Crippen LogP contribution in [0.2, 0.25) is 0 Å². The smallest absolute Gasteiger partial charge is 0.340 e. The molecule has 5 heteroatoms. The molecule has 0 spiro atoms. The lowest BCUT2D eigenvalue weighted by Crippen LogP contribution is -2.04. The minimum absolute atomic E-state index is 0.234. The predicted octanol–water partition coefficient (Wildman–Crippen LogP) is 0.966. The Balaban J connectivity index is 3.06. The highest BCUT2D eigenvalue weighted by atomic mass is 16.5. The number of pyridine rings is 1. The van der Waals surface area contributed by atoms with Gasteiger partial charge in [-0.1, -0.05) is 0 Å². The minimum atomic E-state index is -1.10. The standard InChI is InChI=1S/C10H9NO4/c1-15-10(14)7-3-2-6-11-8(7)4-5-9(12)13/h2-6H,1H3,(H,12,13)/b5-4+. The Bertz CT molecular complexity index is 412. The number of carbonyl (C=O) groups is 2. The first kappa shape index (κ1) is 10.9. The molecule has 78 valence electrons. The highest BCUT2D eigenvalue weighted by Crippen LogP contribution is 2.08. The fraction of sp³-hybridized carbons (Fsp3) is 0.100. The summed E-state index contributed by atoms with van der Waals surface area (Å²) in [4.78, 5) is 25.4. The second-order valence-electron chi connectivity index (χ2n) is 2.60. The summed E-state index contributed by atoms with van der Waals surface area (Å²) in [5.41, 5.74) is 0.504. The second-order valence-corrected chi connectivity index (χ2v) is 2.60. The van der Waals surface area contributed by atoms with E-state index >= 15 is 0 Å². The number of rotatable bonds is 3. The number of carboxylic acids is 1. The van der Waals surface area contributed by atoms with Gasteiger partial charge in [0.1, 0.15) is 0 Å². The molecule has 0 aliphatic carbocycles. The molecule has 0 atom stereocenters. The Labute approximate surface area is 86.0 Å². The van der Waals surface area contributed by atoms with Crippen LogP contribution in [0.25, 0.3) is 6.08 Å². The van der Waals surface area contributed by atoms with Gasteiger partial charge >= 0.3 is 11.9 Å². The number of esters is 1. The summed E-state index contributed by atoms with van der Waals surface area (Å²) in [6.07, 6.45) is 3.62. The van der Waals surface area contributed by atoms with Gasteiger partial charge in [-0.25, -0.2) is 9.59 Å². The summed E-state index contributed by atoms with van der Waals surface area (Å²) in [5, 5.41) is 8.43. The van der Waals surface area contributed by atoms with Crippen LogP contribution in [-0.4, -0.2) is 29.1 Å². The average molecular weight is 207 g/mol. The monoisotopic (exact) mass is 207 g/mol. The highest BCUT2D eigenvalue weighted by Gasteiger charge is 2.09. The first-order chi connectivity index (χ1) is 7.15. The maximum absolute atomic E-state index is 11.2. The van der Waals surface area contributed by atoms with E-state index in [4.69, 9.17) is 5.11 Å². The molecule has 0 fully saturated rings. The van der Waals surface area contributed by atoms with Crippen LogP contribution in [0.15, 0.2) is 24.4 Å². The predicted molar refractivity (Wildman–Crippen MR) is 52.2 cm³/mol. The lowest BCUT2D eigenvalue weighted by atomic mass is 10.2. The third kappa shape index (κ3) is 2.91.